The van der Waals surface area contributed by atoms with Crippen LogP contribution in [0, 0.1) is 56.7 Å². The Bertz CT molecular complexity index is 909. The molecule has 2 bridgehead atoms. The first-order valence-electron chi connectivity index (χ1n) is 14.1. The summed E-state index contributed by atoms with van der Waals surface area (Å²) in [7, 11) is 0. The molecule has 3 N–H and O–H groups in total. The number of aliphatic hydroxyl groups excluding tert-OH is 3. The lowest BCUT2D eigenvalue weighted by molar-refractivity contribution is -0.207. The van der Waals surface area contributed by atoms with Crippen LogP contribution in [-0.4, -0.2) is 46.3 Å². The largest absolute Gasteiger partial charge is 0.392 e. The lowest BCUT2D eigenvalue weighted by atomic mass is 9.35. The maximum atomic E-state index is 11.9. The molecule has 1 saturated heterocycles. The van der Waals surface area contributed by atoms with Crippen LogP contribution < -0.4 is 0 Å². The van der Waals surface area contributed by atoms with Crippen molar-refractivity contribution in [2.45, 2.75) is 111 Å². The fraction of sp³-hybridized carbons (Fsp3) is 0.933. The molecule has 12 atom stereocenters. The van der Waals surface area contributed by atoms with Crippen LogP contribution in [0.1, 0.15) is 87.0 Å². The summed E-state index contributed by atoms with van der Waals surface area (Å²) in [5.41, 5.74) is 1.20. The summed E-state index contributed by atoms with van der Waals surface area (Å²) in [6.07, 6.45) is 6.93. The van der Waals surface area contributed by atoms with E-state index in [9.17, 15) is 15.3 Å². The zero-order chi connectivity index (χ0) is 24.6. The first-order chi connectivity index (χ1) is 15.7. The van der Waals surface area contributed by atoms with Gasteiger partial charge in [-0.2, -0.15) is 0 Å². The lowest BCUT2D eigenvalue weighted by Crippen LogP contribution is -2.67. The first kappa shape index (κ1) is 23.9. The number of ether oxygens (including phenoxy) is 1. The van der Waals surface area contributed by atoms with Gasteiger partial charge < -0.3 is 20.1 Å². The predicted molar refractivity (Wildman–Crippen MR) is 133 cm³/mol. The Labute approximate surface area is 206 Å². The zero-order valence-electron chi connectivity index (χ0n) is 22.5. The van der Waals surface area contributed by atoms with E-state index in [2.05, 4.69) is 54.5 Å². The van der Waals surface area contributed by atoms with E-state index in [4.69, 9.17) is 4.74 Å². The highest BCUT2D eigenvalue weighted by Crippen LogP contribution is 2.78. The van der Waals surface area contributed by atoms with Gasteiger partial charge in [-0.05, 0) is 83.9 Å². The van der Waals surface area contributed by atoms with Gasteiger partial charge >= 0.3 is 0 Å². The Morgan fingerprint density at radius 3 is 2.32 bits per heavy atom. The van der Waals surface area contributed by atoms with Gasteiger partial charge in [0.25, 0.3) is 0 Å². The Morgan fingerprint density at radius 1 is 0.941 bits per heavy atom. The minimum Gasteiger partial charge on any atom is -0.392 e. The average Bonchev–Trinajstić information content (AvgIpc) is 3.30. The van der Waals surface area contributed by atoms with Gasteiger partial charge in [0.15, 0.2) is 0 Å². The first-order valence-corrected chi connectivity index (χ1v) is 14.1. The molecule has 192 valence electrons. The molecule has 0 amide bonds. The Kier molecular flexibility index (Phi) is 4.87. The third-order valence-electron chi connectivity index (χ3n) is 13.4. The molecule has 2 unspecified atom stereocenters. The summed E-state index contributed by atoms with van der Waals surface area (Å²) in [6.45, 7) is 17.3. The summed E-state index contributed by atoms with van der Waals surface area (Å²) in [5.74, 6) is 2.29. The van der Waals surface area contributed by atoms with Gasteiger partial charge in [0.05, 0.1) is 31.0 Å². The van der Waals surface area contributed by atoms with Crippen molar-refractivity contribution in [1.29, 1.82) is 0 Å². The van der Waals surface area contributed by atoms with Crippen LogP contribution in [0.25, 0.3) is 0 Å². The summed E-state index contributed by atoms with van der Waals surface area (Å²) < 4.78 is 6.51. The SMILES string of the molecule is CC(C)[C@@H]1C[C@H]2OC[C@@]13CC[C@@]1(C)[C@H]4C(=CC[C@]1(C)C23)[C@@]1(C)C[C@@H](O)[C@H](O)C(C)(C)C1C[C@@H]4O. The summed E-state index contributed by atoms with van der Waals surface area (Å²) in [4.78, 5) is 0. The average molecular weight is 473 g/mol. The molecule has 4 nitrogen and oxygen atoms in total. The second kappa shape index (κ2) is 6.91. The van der Waals surface area contributed by atoms with Gasteiger partial charge in [-0.3, -0.25) is 0 Å². The quantitative estimate of drug-likeness (QED) is 0.472. The van der Waals surface area contributed by atoms with Crippen molar-refractivity contribution in [2.75, 3.05) is 6.61 Å². The molecule has 4 saturated carbocycles. The highest BCUT2D eigenvalue weighted by Gasteiger charge is 2.75. The molecule has 6 rings (SSSR count). The normalized spacial score (nSPS) is 59.7. The Morgan fingerprint density at radius 2 is 1.65 bits per heavy atom. The van der Waals surface area contributed by atoms with Crippen LogP contribution in [0.4, 0.5) is 0 Å². The van der Waals surface area contributed by atoms with Gasteiger partial charge in [0, 0.05) is 11.3 Å². The summed E-state index contributed by atoms with van der Waals surface area (Å²) in [5, 5.41) is 33.7. The van der Waals surface area contributed by atoms with E-state index in [1.165, 1.54) is 18.4 Å². The standard InChI is InChI=1S/C30H48O4/c1-16(2)18-12-21-24-29(7)9-8-17-23(28(29,6)10-11-30(18,24)15-34-21)19(31)13-22-26(3,4)25(33)20(32)14-27(17,22)5/h8,16,18-25,31-33H,9-15H2,1-7H3/t18-,19-,20+,21+,22?,23-,24?,25-,27+,28-,29+,30-/m0/s1. The maximum Gasteiger partial charge on any atom is 0.0853 e. The Hall–Kier alpha value is -0.420. The van der Waals surface area contributed by atoms with Gasteiger partial charge in [0.2, 0.25) is 0 Å². The van der Waals surface area contributed by atoms with E-state index in [0.717, 1.165) is 25.4 Å². The van der Waals surface area contributed by atoms with E-state index >= 15 is 0 Å². The number of allylic oxidation sites excluding steroid dienone is 1. The molecule has 5 aliphatic carbocycles. The van der Waals surface area contributed by atoms with Crippen LogP contribution in [0.15, 0.2) is 11.6 Å². The van der Waals surface area contributed by atoms with Crippen LogP contribution >= 0.6 is 0 Å². The minimum atomic E-state index is -0.742. The van der Waals surface area contributed by atoms with Crippen LogP contribution in [0.2, 0.25) is 0 Å². The van der Waals surface area contributed by atoms with Crippen LogP contribution in [0.5, 0.6) is 0 Å². The minimum absolute atomic E-state index is 0.0155. The molecule has 1 aliphatic heterocycles. The fourth-order valence-electron chi connectivity index (χ4n) is 11.7. The molecule has 1 heterocycles. The topological polar surface area (TPSA) is 69.9 Å². The van der Waals surface area contributed by atoms with Crippen molar-refractivity contribution >= 4 is 0 Å². The number of hydrogen-bond acceptors (Lipinski definition) is 4. The molecule has 0 spiro atoms. The van der Waals surface area contributed by atoms with Crippen molar-refractivity contribution < 1.29 is 20.1 Å². The second-order valence-electron chi connectivity index (χ2n) is 15.1. The van der Waals surface area contributed by atoms with Gasteiger partial charge in [0.1, 0.15) is 0 Å². The third kappa shape index (κ3) is 2.50. The lowest BCUT2D eigenvalue weighted by Gasteiger charge is -2.69. The molecule has 0 radical (unpaired) electrons. The highest BCUT2D eigenvalue weighted by atomic mass is 16.5. The molecule has 0 aromatic heterocycles. The molecule has 4 heteroatoms. The van der Waals surface area contributed by atoms with Crippen molar-refractivity contribution in [1.82, 2.24) is 0 Å². The highest BCUT2D eigenvalue weighted by molar-refractivity contribution is 5.36. The summed E-state index contributed by atoms with van der Waals surface area (Å²) in [6, 6.07) is 0. The molecular formula is C30H48O4. The van der Waals surface area contributed by atoms with E-state index in [0.29, 0.717) is 36.2 Å². The number of fused-ring (bicyclic) bond motifs is 5. The summed E-state index contributed by atoms with van der Waals surface area (Å²) >= 11 is 0. The predicted octanol–water partition coefficient (Wildman–Crippen LogP) is 4.96. The van der Waals surface area contributed by atoms with Crippen molar-refractivity contribution in [3.63, 3.8) is 0 Å². The fourth-order valence-corrected chi connectivity index (χ4v) is 11.7. The monoisotopic (exact) mass is 472 g/mol. The second-order valence-corrected chi connectivity index (χ2v) is 15.1. The number of hydrogen-bond donors (Lipinski definition) is 3. The molecule has 0 aromatic rings. The Balaban J connectivity index is 1.46. The third-order valence-corrected chi connectivity index (χ3v) is 13.4. The number of aliphatic hydroxyl groups is 3. The molecule has 0 aromatic carbocycles. The van der Waals surface area contributed by atoms with Gasteiger partial charge in [-0.1, -0.05) is 60.1 Å². The van der Waals surface area contributed by atoms with E-state index in [1.54, 1.807) is 0 Å². The number of rotatable bonds is 1. The van der Waals surface area contributed by atoms with E-state index in [1.807, 2.05) is 0 Å². The van der Waals surface area contributed by atoms with E-state index in [-0.39, 0.29) is 28.1 Å². The van der Waals surface area contributed by atoms with E-state index < -0.39 is 23.7 Å². The molecular weight excluding hydrogens is 424 g/mol. The van der Waals surface area contributed by atoms with Gasteiger partial charge in [-0.25, -0.2) is 0 Å². The molecule has 34 heavy (non-hydrogen) atoms. The van der Waals surface area contributed by atoms with Gasteiger partial charge in [-0.15, -0.1) is 0 Å². The molecule has 5 fully saturated rings. The van der Waals surface area contributed by atoms with Crippen LogP contribution in [0.3, 0.4) is 0 Å². The van der Waals surface area contributed by atoms with Crippen molar-refractivity contribution in [3.05, 3.63) is 11.6 Å². The van der Waals surface area contributed by atoms with Crippen LogP contribution in [-0.2, 0) is 4.74 Å². The smallest absolute Gasteiger partial charge is 0.0853 e. The molecule has 6 aliphatic rings. The van der Waals surface area contributed by atoms with Crippen molar-refractivity contribution in [2.24, 2.45) is 56.7 Å². The maximum absolute atomic E-state index is 11.9. The zero-order valence-corrected chi connectivity index (χ0v) is 22.5. The van der Waals surface area contributed by atoms with Crippen molar-refractivity contribution in [3.8, 4) is 0 Å².